The molecule has 1 aromatic heterocycles. The smallest absolute Gasteiger partial charge is 0.227 e. The lowest BCUT2D eigenvalue weighted by atomic mass is 10.1. The standard InChI is InChI=1S/C20H21N3O3/c1-14(15-7-4-3-5-8-15)21-18(24)11-12-19-22-20(23-26-19)16-9-6-10-17(13-16)25-2/h3-10,13-14H,11-12H2,1-2H3,(H,21,24)/t14-/m1/s1. The molecular weight excluding hydrogens is 330 g/mol. The van der Waals surface area contributed by atoms with Crippen molar-refractivity contribution in [2.75, 3.05) is 7.11 Å². The van der Waals surface area contributed by atoms with E-state index in [2.05, 4.69) is 15.5 Å². The van der Waals surface area contributed by atoms with Gasteiger partial charge in [0.1, 0.15) is 5.75 Å². The number of amides is 1. The van der Waals surface area contributed by atoms with Gasteiger partial charge in [0.2, 0.25) is 17.6 Å². The first-order valence-corrected chi connectivity index (χ1v) is 8.47. The second-order valence-corrected chi connectivity index (χ2v) is 5.94. The topological polar surface area (TPSA) is 77.2 Å². The van der Waals surface area contributed by atoms with Gasteiger partial charge in [-0.25, -0.2) is 0 Å². The van der Waals surface area contributed by atoms with Gasteiger partial charge in [-0.1, -0.05) is 47.6 Å². The number of nitrogens with one attached hydrogen (secondary N) is 1. The highest BCUT2D eigenvalue weighted by Crippen LogP contribution is 2.21. The Hall–Kier alpha value is -3.15. The lowest BCUT2D eigenvalue weighted by Gasteiger charge is -2.13. The number of benzene rings is 2. The summed E-state index contributed by atoms with van der Waals surface area (Å²) in [5, 5.41) is 6.95. The van der Waals surface area contributed by atoms with Crippen molar-refractivity contribution in [1.82, 2.24) is 15.5 Å². The van der Waals surface area contributed by atoms with E-state index in [9.17, 15) is 4.79 Å². The Balaban J connectivity index is 1.55. The molecule has 0 unspecified atom stereocenters. The summed E-state index contributed by atoms with van der Waals surface area (Å²) >= 11 is 0. The first-order chi connectivity index (χ1) is 12.7. The zero-order chi connectivity index (χ0) is 18.4. The number of hydrogen-bond acceptors (Lipinski definition) is 5. The van der Waals surface area contributed by atoms with Crippen LogP contribution in [0.4, 0.5) is 0 Å². The third-order valence-electron chi connectivity index (χ3n) is 4.04. The fraction of sp³-hybridized carbons (Fsp3) is 0.250. The van der Waals surface area contributed by atoms with Crippen molar-refractivity contribution >= 4 is 5.91 Å². The monoisotopic (exact) mass is 351 g/mol. The lowest BCUT2D eigenvalue weighted by molar-refractivity contribution is -0.121. The van der Waals surface area contributed by atoms with Crippen LogP contribution in [0.2, 0.25) is 0 Å². The maximum Gasteiger partial charge on any atom is 0.227 e. The van der Waals surface area contributed by atoms with Gasteiger partial charge >= 0.3 is 0 Å². The van der Waals surface area contributed by atoms with Crippen LogP contribution in [0.25, 0.3) is 11.4 Å². The lowest BCUT2D eigenvalue weighted by Crippen LogP contribution is -2.26. The predicted molar refractivity (Wildman–Crippen MR) is 97.6 cm³/mol. The zero-order valence-corrected chi connectivity index (χ0v) is 14.8. The molecule has 1 amide bonds. The minimum Gasteiger partial charge on any atom is -0.497 e. The molecule has 26 heavy (non-hydrogen) atoms. The van der Waals surface area contributed by atoms with E-state index in [4.69, 9.17) is 9.26 Å². The highest BCUT2D eigenvalue weighted by molar-refractivity contribution is 5.76. The van der Waals surface area contributed by atoms with E-state index < -0.39 is 0 Å². The second-order valence-electron chi connectivity index (χ2n) is 5.94. The Kier molecular flexibility index (Phi) is 5.63. The number of aryl methyl sites for hydroxylation is 1. The van der Waals surface area contributed by atoms with E-state index in [1.807, 2.05) is 61.5 Å². The zero-order valence-electron chi connectivity index (χ0n) is 14.8. The van der Waals surface area contributed by atoms with Crippen molar-refractivity contribution in [3.63, 3.8) is 0 Å². The summed E-state index contributed by atoms with van der Waals surface area (Å²) in [7, 11) is 1.61. The molecule has 0 radical (unpaired) electrons. The minimum atomic E-state index is -0.0533. The van der Waals surface area contributed by atoms with Crippen molar-refractivity contribution in [3.05, 3.63) is 66.1 Å². The molecule has 0 spiro atoms. The predicted octanol–water partition coefficient (Wildman–Crippen LogP) is 3.56. The third kappa shape index (κ3) is 4.47. The molecule has 6 nitrogen and oxygen atoms in total. The number of carbonyl (C=O) groups is 1. The highest BCUT2D eigenvalue weighted by atomic mass is 16.5. The van der Waals surface area contributed by atoms with Crippen molar-refractivity contribution in [1.29, 1.82) is 0 Å². The Morgan fingerprint density at radius 1 is 1.19 bits per heavy atom. The van der Waals surface area contributed by atoms with Gasteiger partial charge in [-0.15, -0.1) is 0 Å². The molecule has 0 saturated carbocycles. The molecule has 0 aliphatic rings. The normalized spacial score (nSPS) is 11.8. The van der Waals surface area contributed by atoms with Gasteiger partial charge in [0, 0.05) is 18.4 Å². The van der Waals surface area contributed by atoms with Crippen LogP contribution in [-0.2, 0) is 11.2 Å². The van der Waals surface area contributed by atoms with E-state index in [-0.39, 0.29) is 18.4 Å². The molecule has 6 heteroatoms. The number of rotatable bonds is 7. The van der Waals surface area contributed by atoms with Crippen LogP contribution < -0.4 is 10.1 Å². The first-order valence-electron chi connectivity index (χ1n) is 8.47. The van der Waals surface area contributed by atoms with Crippen LogP contribution in [0, 0.1) is 0 Å². The molecule has 1 N–H and O–H groups in total. The molecule has 134 valence electrons. The summed E-state index contributed by atoms with van der Waals surface area (Å²) < 4.78 is 10.4. The van der Waals surface area contributed by atoms with Crippen molar-refractivity contribution in [2.24, 2.45) is 0 Å². The largest absolute Gasteiger partial charge is 0.497 e. The second kappa shape index (κ2) is 8.29. The maximum atomic E-state index is 12.1. The van der Waals surface area contributed by atoms with Crippen molar-refractivity contribution < 1.29 is 14.1 Å². The summed E-state index contributed by atoms with van der Waals surface area (Å²) in [4.78, 5) is 16.5. The van der Waals surface area contributed by atoms with Gasteiger partial charge in [-0.05, 0) is 24.6 Å². The van der Waals surface area contributed by atoms with E-state index >= 15 is 0 Å². The number of hydrogen-bond donors (Lipinski definition) is 1. The maximum absolute atomic E-state index is 12.1. The van der Waals surface area contributed by atoms with Crippen LogP contribution in [0.5, 0.6) is 5.75 Å². The molecule has 0 fully saturated rings. The van der Waals surface area contributed by atoms with Crippen molar-refractivity contribution in [3.8, 4) is 17.1 Å². The third-order valence-corrected chi connectivity index (χ3v) is 4.04. The molecule has 1 atom stereocenters. The van der Waals surface area contributed by atoms with Crippen molar-refractivity contribution in [2.45, 2.75) is 25.8 Å². The average Bonchev–Trinajstić information content (AvgIpc) is 3.16. The Labute approximate surface area is 152 Å². The Bertz CT molecular complexity index is 862. The summed E-state index contributed by atoms with van der Waals surface area (Å²) in [5.41, 5.74) is 1.88. The number of carbonyl (C=O) groups excluding carboxylic acids is 1. The molecule has 0 bridgehead atoms. The van der Waals surface area contributed by atoms with E-state index in [0.717, 1.165) is 16.9 Å². The van der Waals surface area contributed by atoms with E-state index in [1.165, 1.54) is 0 Å². The molecule has 3 aromatic rings. The number of aromatic nitrogens is 2. The number of nitrogens with zero attached hydrogens (tertiary/aromatic N) is 2. The molecule has 0 saturated heterocycles. The summed E-state index contributed by atoms with van der Waals surface area (Å²) in [6, 6.07) is 17.2. The first kappa shape index (κ1) is 17.7. The van der Waals surface area contributed by atoms with Gasteiger partial charge in [-0.2, -0.15) is 4.98 Å². The van der Waals surface area contributed by atoms with Gasteiger partial charge < -0.3 is 14.6 Å². The van der Waals surface area contributed by atoms with Gasteiger partial charge in [0.05, 0.1) is 13.2 Å². The van der Waals surface area contributed by atoms with Crippen LogP contribution in [0.15, 0.2) is 59.1 Å². The highest BCUT2D eigenvalue weighted by Gasteiger charge is 2.13. The summed E-state index contributed by atoms with van der Waals surface area (Å²) in [5.74, 6) is 1.59. The molecule has 2 aromatic carbocycles. The SMILES string of the molecule is COc1cccc(-c2noc(CCC(=O)N[C@H](C)c3ccccc3)n2)c1. The Morgan fingerprint density at radius 3 is 2.77 bits per heavy atom. The fourth-order valence-electron chi connectivity index (χ4n) is 2.59. The summed E-state index contributed by atoms with van der Waals surface area (Å²) in [6.07, 6.45) is 0.682. The van der Waals surface area contributed by atoms with E-state index in [1.54, 1.807) is 7.11 Å². The molecule has 0 aliphatic carbocycles. The van der Waals surface area contributed by atoms with Crippen LogP contribution in [-0.4, -0.2) is 23.2 Å². The van der Waals surface area contributed by atoms with Gasteiger partial charge in [0.25, 0.3) is 0 Å². The van der Waals surface area contributed by atoms with Gasteiger partial charge in [-0.3, -0.25) is 4.79 Å². The molecule has 0 aliphatic heterocycles. The Morgan fingerprint density at radius 2 is 2.00 bits per heavy atom. The van der Waals surface area contributed by atoms with E-state index in [0.29, 0.717) is 18.1 Å². The van der Waals surface area contributed by atoms with Crippen LogP contribution in [0.3, 0.4) is 0 Å². The number of ether oxygens (including phenoxy) is 1. The summed E-state index contributed by atoms with van der Waals surface area (Å²) in [6.45, 7) is 1.96. The van der Waals surface area contributed by atoms with Gasteiger partial charge in [0.15, 0.2) is 0 Å². The molecule has 3 rings (SSSR count). The van der Waals surface area contributed by atoms with Crippen LogP contribution >= 0.6 is 0 Å². The average molecular weight is 351 g/mol. The quantitative estimate of drug-likeness (QED) is 0.704. The number of methoxy groups -OCH3 is 1. The minimum absolute atomic E-state index is 0.0428. The van der Waals surface area contributed by atoms with Crippen LogP contribution in [0.1, 0.15) is 30.8 Å². The molecular formula is C20H21N3O3. The fourth-order valence-corrected chi connectivity index (χ4v) is 2.59. The molecule has 1 heterocycles.